The van der Waals surface area contributed by atoms with E-state index in [2.05, 4.69) is 54.0 Å². The lowest BCUT2D eigenvalue weighted by molar-refractivity contribution is 0.0406. The van der Waals surface area contributed by atoms with E-state index in [0.29, 0.717) is 6.04 Å². The molecule has 0 radical (unpaired) electrons. The Balaban J connectivity index is 1.67. The SMILES string of the molecule is CCC(NCC1OCCc2ccccc21)c1cccs1. The van der Waals surface area contributed by atoms with Crippen molar-refractivity contribution in [2.75, 3.05) is 13.2 Å². The second-order valence-corrected chi connectivity index (χ2v) is 6.17. The van der Waals surface area contributed by atoms with Crippen LogP contribution in [0.4, 0.5) is 0 Å². The summed E-state index contributed by atoms with van der Waals surface area (Å²) < 4.78 is 5.96. The van der Waals surface area contributed by atoms with E-state index in [1.54, 1.807) is 0 Å². The molecule has 2 heterocycles. The molecule has 3 rings (SSSR count). The van der Waals surface area contributed by atoms with Crippen molar-refractivity contribution in [1.82, 2.24) is 5.32 Å². The van der Waals surface area contributed by atoms with E-state index in [9.17, 15) is 0 Å². The van der Waals surface area contributed by atoms with Crippen LogP contribution in [-0.4, -0.2) is 13.2 Å². The molecule has 2 aromatic rings. The lowest BCUT2D eigenvalue weighted by Crippen LogP contribution is -2.29. The molecule has 1 aromatic heterocycles. The normalized spacial score (nSPS) is 19.6. The molecule has 2 unspecified atom stereocenters. The number of benzene rings is 1. The zero-order valence-electron chi connectivity index (χ0n) is 11.8. The topological polar surface area (TPSA) is 21.3 Å². The largest absolute Gasteiger partial charge is 0.372 e. The smallest absolute Gasteiger partial charge is 0.0952 e. The van der Waals surface area contributed by atoms with Crippen LogP contribution in [0.5, 0.6) is 0 Å². The van der Waals surface area contributed by atoms with Crippen molar-refractivity contribution in [2.24, 2.45) is 0 Å². The summed E-state index contributed by atoms with van der Waals surface area (Å²) in [6.45, 7) is 3.94. The van der Waals surface area contributed by atoms with Gasteiger partial charge in [-0.2, -0.15) is 0 Å². The van der Waals surface area contributed by atoms with Gasteiger partial charge in [-0.1, -0.05) is 37.3 Å². The Morgan fingerprint density at radius 3 is 3.00 bits per heavy atom. The fourth-order valence-electron chi connectivity index (χ4n) is 2.83. The standard InChI is InChI=1S/C17H21NOS/c1-2-15(17-8-5-11-20-17)18-12-16-14-7-4-3-6-13(14)9-10-19-16/h3-8,11,15-16,18H,2,9-10,12H2,1H3. The van der Waals surface area contributed by atoms with Gasteiger partial charge >= 0.3 is 0 Å². The predicted molar refractivity (Wildman–Crippen MR) is 84.2 cm³/mol. The molecule has 20 heavy (non-hydrogen) atoms. The van der Waals surface area contributed by atoms with E-state index in [1.165, 1.54) is 16.0 Å². The number of nitrogens with one attached hydrogen (secondary N) is 1. The highest BCUT2D eigenvalue weighted by molar-refractivity contribution is 7.10. The Bertz CT molecular complexity index is 538. The van der Waals surface area contributed by atoms with E-state index in [0.717, 1.165) is 26.0 Å². The fraction of sp³-hybridized carbons (Fsp3) is 0.412. The third kappa shape index (κ3) is 2.95. The quantitative estimate of drug-likeness (QED) is 0.894. The molecule has 3 heteroatoms. The van der Waals surface area contributed by atoms with Crippen LogP contribution in [0, 0.1) is 0 Å². The van der Waals surface area contributed by atoms with Crippen molar-refractivity contribution in [3.63, 3.8) is 0 Å². The molecule has 2 nitrogen and oxygen atoms in total. The molecule has 0 bridgehead atoms. The first-order valence-electron chi connectivity index (χ1n) is 7.34. The fourth-order valence-corrected chi connectivity index (χ4v) is 3.72. The minimum Gasteiger partial charge on any atom is -0.372 e. The van der Waals surface area contributed by atoms with Gasteiger partial charge in [0.05, 0.1) is 12.7 Å². The number of fused-ring (bicyclic) bond motifs is 1. The van der Waals surface area contributed by atoms with Crippen molar-refractivity contribution in [3.8, 4) is 0 Å². The number of hydrogen-bond acceptors (Lipinski definition) is 3. The van der Waals surface area contributed by atoms with Crippen molar-refractivity contribution < 1.29 is 4.74 Å². The molecule has 0 spiro atoms. The van der Waals surface area contributed by atoms with Gasteiger partial charge in [0, 0.05) is 17.5 Å². The molecule has 2 atom stereocenters. The first-order valence-corrected chi connectivity index (χ1v) is 8.22. The van der Waals surface area contributed by atoms with Gasteiger partial charge in [-0.25, -0.2) is 0 Å². The number of hydrogen-bond donors (Lipinski definition) is 1. The highest BCUT2D eigenvalue weighted by atomic mass is 32.1. The number of rotatable bonds is 5. The second kappa shape index (κ2) is 6.53. The van der Waals surface area contributed by atoms with E-state index in [4.69, 9.17) is 4.74 Å². The molecule has 106 valence electrons. The zero-order valence-corrected chi connectivity index (χ0v) is 12.7. The van der Waals surface area contributed by atoms with Crippen LogP contribution in [-0.2, 0) is 11.2 Å². The minimum atomic E-state index is 0.189. The van der Waals surface area contributed by atoms with Gasteiger partial charge in [-0.05, 0) is 35.4 Å². The first kappa shape index (κ1) is 13.8. The van der Waals surface area contributed by atoms with Crippen molar-refractivity contribution in [3.05, 3.63) is 57.8 Å². The maximum Gasteiger partial charge on any atom is 0.0952 e. The van der Waals surface area contributed by atoms with E-state index in [-0.39, 0.29) is 6.10 Å². The molecule has 1 aromatic carbocycles. The van der Waals surface area contributed by atoms with Crippen LogP contribution in [0.1, 0.15) is 41.5 Å². The second-order valence-electron chi connectivity index (χ2n) is 5.19. The van der Waals surface area contributed by atoms with Gasteiger partial charge in [0.15, 0.2) is 0 Å². The van der Waals surface area contributed by atoms with Crippen molar-refractivity contribution in [2.45, 2.75) is 31.9 Å². The summed E-state index contributed by atoms with van der Waals surface area (Å²) in [7, 11) is 0. The van der Waals surface area contributed by atoms with Gasteiger partial charge in [0.1, 0.15) is 0 Å². The highest BCUT2D eigenvalue weighted by Crippen LogP contribution is 2.28. The molecule has 0 amide bonds. The van der Waals surface area contributed by atoms with Crippen LogP contribution < -0.4 is 5.32 Å². The molecule has 1 N–H and O–H groups in total. The monoisotopic (exact) mass is 287 g/mol. The summed E-state index contributed by atoms with van der Waals surface area (Å²) in [5.41, 5.74) is 2.79. The van der Waals surface area contributed by atoms with Crippen molar-refractivity contribution in [1.29, 1.82) is 0 Å². The summed E-state index contributed by atoms with van der Waals surface area (Å²) in [5, 5.41) is 5.81. The Hall–Kier alpha value is -1.16. The molecular formula is C17H21NOS. The zero-order chi connectivity index (χ0) is 13.8. The Morgan fingerprint density at radius 2 is 2.20 bits per heavy atom. The van der Waals surface area contributed by atoms with Crippen molar-refractivity contribution >= 4 is 11.3 Å². The Labute approximate surface area is 124 Å². The first-order chi connectivity index (χ1) is 9.88. The average molecular weight is 287 g/mol. The summed E-state index contributed by atoms with van der Waals surface area (Å²) in [6.07, 6.45) is 2.33. The van der Waals surface area contributed by atoms with Gasteiger partial charge in [0.25, 0.3) is 0 Å². The van der Waals surface area contributed by atoms with Crippen LogP contribution in [0.3, 0.4) is 0 Å². The minimum absolute atomic E-state index is 0.189. The van der Waals surface area contributed by atoms with E-state index >= 15 is 0 Å². The number of ether oxygens (including phenoxy) is 1. The molecular weight excluding hydrogens is 266 g/mol. The Morgan fingerprint density at radius 1 is 1.30 bits per heavy atom. The third-order valence-electron chi connectivity index (χ3n) is 3.94. The van der Waals surface area contributed by atoms with Gasteiger partial charge < -0.3 is 10.1 Å². The maximum absolute atomic E-state index is 5.96. The van der Waals surface area contributed by atoms with Gasteiger partial charge in [-0.15, -0.1) is 11.3 Å². The molecule has 0 saturated carbocycles. The molecule has 0 aliphatic carbocycles. The number of thiophene rings is 1. The lowest BCUT2D eigenvalue weighted by Gasteiger charge is -2.28. The molecule has 0 saturated heterocycles. The molecule has 1 aliphatic rings. The molecule has 1 aliphatic heterocycles. The van der Waals surface area contributed by atoms with Gasteiger partial charge in [0.2, 0.25) is 0 Å². The maximum atomic E-state index is 5.96. The average Bonchev–Trinajstić information content (AvgIpc) is 3.02. The molecule has 0 fully saturated rings. The summed E-state index contributed by atoms with van der Waals surface area (Å²) in [6, 6.07) is 13.4. The predicted octanol–water partition coefficient (Wildman–Crippen LogP) is 4.10. The summed E-state index contributed by atoms with van der Waals surface area (Å²) >= 11 is 1.82. The van der Waals surface area contributed by atoms with Crippen LogP contribution in [0.15, 0.2) is 41.8 Å². The Kier molecular flexibility index (Phi) is 4.51. The third-order valence-corrected chi connectivity index (χ3v) is 4.92. The van der Waals surface area contributed by atoms with Gasteiger partial charge in [-0.3, -0.25) is 0 Å². The summed E-state index contributed by atoms with van der Waals surface area (Å²) in [4.78, 5) is 1.41. The van der Waals surface area contributed by atoms with Crippen LogP contribution in [0.2, 0.25) is 0 Å². The van der Waals surface area contributed by atoms with E-state index in [1.807, 2.05) is 11.3 Å². The summed E-state index contributed by atoms with van der Waals surface area (Å²) in [5.74, 6) is 0. The highest BCUT2D eigenvalue weighted by Gasteiger charge is 2.21. The van der Waals surface area contributed by atoms with Crippen LogP contribution in [0.25, 0.3) is 0 Å². The van der Waals surface area contributed by atoms with E-state index < -0.39 is 0 Å². The van der Waals surface area contributed by atoms with Crippen LogP contribution >= 0.6 is 11.3 Å². The lowest BCUT2D eigenvalue weighted by atomic mass is 9.97.